The Kier molecular flexibility index (Phi) is 3.56. The molecule has 0 aliphatic carbocycles. The molecule has 1 unspecified atom stereocenters. The zero-order valence-electron chi connectivity index (χ0n) is 8.91. The SMILES string of the molecule is FC(F)(F)c1ccnc(N2CCCC(Br)C2)n1. The van der Waals surface area contributed by atoms with Gasteiger partial charge in [-0.05, 0) is 18.9 Å². The van der Waals surface area contributed by atoms with E-state index in [0.29, 0.717) is 13.1 Å². The Morgan fingerprint density at radius 2 is 2.18 bits per heavy atom. The van der Waals surface area contributed by atoms with Crippen LogP contribution in [-0.4, -0.2) is 27.9 Å². The maximum atomic E-state index is 12.5. The minimum atomic E-state index is -4.42. The van der Waals surface area contributed by atoms with E-state index in [-0.39, 0.29) is 10.8 Å². The van der Waals surface area contributed by atoms with Gasteiger partial charge in [-0.25, -0.2) is 9.97 Å². The molecule has 1 aromatic heterocycles. The van der Waals surface area contributed by atoms with Gasteiger partial charge >= 0.3 is 6.18 Å². The van der Waals surface area contributed by atoms with E-state index in [9.17, 15) is 13.2 Å². The van der Waals surface area contributed by atoms with Crippen molar-refractivity contribution >= 4 is 21.9 Å². The molecule has 3 nitrogen and oxygen atoms in total. The van der Waals surface area contributed by atoms with E-state index in [1.807, 2.05) is 0 Å². The van der Waals surface area contributed by atoms with Crippen LogP contribution >= 0.6 is 15.9 Å². The lowest BCUT2D eigenvalue weighted by Gasteiger charge is -2.30. The number of halogens is 4. The van der Waals surface area contributed by atoms with Crippen molar-refractivity contribution in [2.24, 2.45) is 0 Å². The zero-order chi connectivity index (χ0) is 12.5. The fraction of sp³-hybridized carbons (Fsp3) is 0.600. The molecular weight excluding hydrogens is 299 g/mol. The molecule has 1 fully saturated rings. The number of aromatic nitrogens is 2. The summed E-state index contributed by atoms with van der Waals surface area (Å²) in [5, 5.41) is 0. The van der Waals surface area contributed by atoms with Crippen LogP contribution in [0.5, 0.6) is 0 Å². The molecule has 2 heterocycles. The molecule has 0 amide bonds. The second-order valence-electron chi connectivity index (χ2n) is 3.93. The van der Waals surface area contributed by atoms with Gasteiger partial charge in [0.2, 0.25) is 5.95 Å². The molecule has 0 radical (unpaired) electrons. The lowest BCUT2D eigenvalue weighted by Crippen LogP contribution is -2.37. The normalized spacial score (nSPS) is 21.6. The third-order valence-electron chi connectivity index (χ3n) is 2.58. The molecule has 1 aliphatic heterocycles. The summed E-state index contributed by atoms with van der Waals surface area (Å²) in [6.45, 7) is 1.34. The summed E-state index contributed by atoms with van der Waals surface area (Å²) in [6, 6.07) is 0.888. The van der Waals surface area contributed by atoms with Gasteiger partial charge in [0, 0.05) is 24.1 Å². The topological polar surface area (TPSA) is 29.0 Å². The summed E-state index contributed by atoms with van der Waals surface area (Å²) in [6.07, 6.45) is -1.31. The quantitative estimate of drug-likeness (QED) is 0.747. The molecular formula is C10H11BrF3N3. The minimum absolute atomic E-state index is 0.156. The first kappa shape index (κ1) is 12.6. The maximum Gasteiger partial charge on any atom is 0.433 e. The second-order valence-corrected chi connectivity index (χ2v) is 5.22. The van der Waals surface area contributed by atoms with E-state index in [1.54, 1.807) is 4.90 Å². The summed E-state index contributed by atoms with van der Waals surface area (Å²) in [7, 11) is 0. The molecule has 1 aromatic rings. The Bertz CT molecular complexity index is 397. The third kappa shape index (κ3) is 3.08. The van der Waals surface area contributed by atoms with Crippen molar-refractivity contribution in [3.05, 3.63) is 18.0 Å². The molecule has 0 N–H and O–H groups in total. The van der Waals surface area contributed by atoms with Gasteiger partial charge in [0.05, 0.1) is 0 Å². The number of anilines is 1. The molecule has 0 aromatic carbocycles. The van der Waals surface area contributed by atoms with Crippen LogP contribution in [0.3, 0.4) is 0 Å². The monoisotopic (exact) mass is 309 g/mol. The van der Waals surface area contributed by atoms with E-state index in [2.05, 4.69) is 25.9 Å². The highest BCUT2D eigenvalue weighted by Crippen LogP contribution is 2.29. The average molecular weight is 310 g/mol. The predicted molar refractivity (Wildman–Crippen MR) is 61.2 cm³/mol. The van der Waals surface area contributed by atoms with Crippen molar-refractivity contribution in [3.8, 4) is 0 Å². The van der Waals surface area contributed by atoms with Crippen molar-refractivity contribution in [1.29, 1.82) is 0 Å². The van der Waals surface area contributed by atoms with E-state index >= 15 is 0 Å². The summed E-state index contributed by atoms with van der Waals surface area (Å²) < 4.78 is 37.5. The molecule has 0 bridgehead atoms. The first-order chi connectivity index (χ1) is 7.97. The first-order valence-electron chi connectivity index (χ1n) is 5.26. The molecule has 0 spiro atoms. The Balaban J connectivity index is 2.21. The van der Waals surface area contributed by atoms with Crippen molar-refractivity contribution in [1.82, 2.24) is 9.97 Å². The van der Waals surface area contributed by atoms with E-state index in [1.165, 1.54) is 0 Å². The Hall–Kier alpha value is -0.850. The number of hydrogen-bond acceptors (Lipinski definition) is 3. The van der Waals surface area contributed by atoms with Crippen LogP contribution in [0.4, 0.5) is 19.1 Å². The third-order valence-corrected chi connectivity index (χ3v) is 3.33. The van der Waals surface area contributed by atoms with Crippen LogP contribution in [-0.2, 0) is 6.18 Å². The largest absolute Gasteiger partial charge is 0.433 e. The van der Waals surface area contributed by atoms with Crippen molar-refractivity contribution in [3.63, 3.8) is 0 Å². The zero-order valence-corrected chi connectivity index (χ0v) is 10.5. The van der Waals surface area contributed by atoms with Gasteiger partial charge in [-0.15, -0.1) is 0 Å². The molecule has 1 saturated heterocycles. The minimum Gasteiger partial charge on any atom is -0.340 e. The Labute approximate surface area is 105 Å². The molecule has 94 valence electrons. The highest BCUT2D eigenvalue weighted by Gasteiger charge is 2.33. The molecule has 7 heteroatoms. The van der Waals surface area contributed by atoms with Crippen LogP contribution in [0.25, 0.3) is 0 Å². The van der Waals surface area contributed by atoms with E-state index in [4.69, 9.17) is 0 Å². The Morgan fingerprint density at radius 1 is 1.41 bits per heavy atom. The fourth-order valence-corrected chi connectivity index (χ4v) is 2.44. The number of hydrogen-bond donors (Lipinski definition) is 0. The summed E-state index contributed by atoms with van der Waals surface area (Å²) >= 11 is 3.46. The standard InChI is InChI=1S/C10H11BrF3N3/c11-7-2-1-5-17(6-7)9-15-4-3-8(16-9)10(12,13)14/h3-4,7H,1-2,5-6H2. The number of alkyl halides is 4. The van der Waals surface area contributed by atoms with E-state index < -0.39 is 11.9 Å². The first-order valence-corrected chi connectivity index (χ1v) is 6.17. The van der Waals surface area contributed by atoms with Crippen LogP contribution in [0.1, 0.15) is 18.5 Å². The van der Waals surface area contributed by atoms with E-state index in [0.717, 1.165) is 25.1 Å². The van der Waals surface area contributed by atoms with Crippen LogP contribution in [0.15, 0.2) is 12.3 Å². The van der Waals surface area contributed by atoms with Crippen LogP contribution in [0, 0.1) is 0 Å². The van der Waals surface area contributed by atoms with Gasteiger partial charge in [0.1, 0.15) is 5.69 Å². The molecule has 2 rings (SSSR count). The van der Waals surface area contributed by atoms with Crippen LogP contribution in [0.2, 0.25) is 0 Å². The summed E-state index contributed by atoms with van der Waals surface area (Å²) in [4.78, 5) is 9.54. The van der Waals surface area contributed by atoms with Gasteiger partial charge < -0.3 is 4.90 Å². The molecule has 17 heavy (non-hydrogen) atoms. The maximum absolute atomic E-state index is 12.5. The van der Waals surface area contributed by atoms with Gasteiger partial charge in [-0.2, -0.15) is 13.2 Å². The van der Waals surface area contributed by atoms with Crippen LogP contribution < -0.4 is 4.90 Å². The summed E-state index contributed by atoms with van der Waals surface area (Å²) in [5.41, 5.74) is -0.890. The van der Waals surface area contributed by atoms with Gasteiger partial charge in [0.15, 0.2) is 0 Å². The Morgan fingerprint density at radius 3 is 2.82 bits per heavy atom. The second kappa shape index (κ2) is 4.80. The van der Waals surface area contributed by atoms with Gasteiger partial charge in [-0.1, -0.05) is 15.9 Å². The number of nitrogens with zero attached hydrogens (tertiary/aromatic N) is 3. The average Bonchev–Trinajstić information content (AvgIpc) is 2.28. The molecule has 0 saturated carbocycles. The number of rotatable bonds is 1. The lowest BCUT2D eigenvalue weighted by atomic mass is 10.1. The lowest BCUT2D eigenvalue weighted by molar-refractivity contribution is -0.141. The van der Waals surface area contributed by atoms with Gasteiger partial charge in [0.25, 0.3) is 0 Å². The fourth-order valence-electron chi connectivity index (χ4n) is 1.77. The van der Waals surface area contributed by atoms with Crippen molar-refractivity contribution in [2.45, 2.75) is 23.8 Å². The van der Waals surface area contributed by atoms with Crippen molar-refractivity contribution in [2.75, 3.05) is 18.0 Å². The molecule has 1 atom stereocenters. The highest BCUT2D eigenvalue weighted by molar-refractivity contribution is 9.09. The van der Waals surface area contributed by atoms with Crippen molar-refractivity contribution < 1.29 is 13.2 Å². The predicted octanol–water partition coefficient (Wildman–Crippen LogP) is 2.86. The van der Waals surface area contributed by atoms with Gasteiger partial charge in [-0.3, -0.25) is 0 Å². The smallest absolute Gasteiger partial charge is 0.340 e. The number of piperidine rings is 1. The molecule has 1 aliphatic rings. The summed E-state index contributed by atoms with van der Waals surface area (Å²) in [5.74, 6) is 0.156. The highest BCUT2D eigenvalue weighted by atomic mass is 79.9.